The third kappa shape index (κ3) is 3.10. The first-order valence-corrected chi connectivity index (χ1v) is 7.13. The lowest BCUT2D eigenvalue weighted by Crippen LogP contribution is -2.30. The van der Waals surface area contributed by atoms with Gasteiger partial charge >= 0.3 is 11.7 Å². The SMILES string of the molecule is CCCn1c(=O)[nH]c(=O)c2[nH]c(COC(=O)C(C)(C)C)nc21. The number of ether oxygens (including phenoxy) is 1. The molecule has 2 heterocycles. The minimum Gasteiger partial charge on any atom is -0.457 e. The zero-order valence-electron chi connectivity index (χ0n) is 13.1. The molecular formula is C14H20N4O4. The summed E-state index contributed by atoms with van der Waals surface area (Å²) in [5.41, 5.74) is -1.17. The van der Waals surface area contributed by atoms with Gasteiger partial charge in [0.1, 0.15) is 17.9 Å². The van der Waals surface area contributed by atoms with E-state index in [0.717, 1.165) is 6.42 Å². The molecule has 2 N–H and O–H groups in total. The minimum atomic E-state index is -0.617. The Bertz CT molecular complexity index is 807. The van der Waals surface area contributed by atoms with Crippen LogP contribution in [0.1, 0.15) is 39.9 Å². The zero-order valence-corrected chi connectivity index (χ0v) is 13.1. The fourth-order valence-electron chi connectivity index (χ4n) is 1.94. The topological polar surface area (TPSA) is 110 Å². The molecule has 0 radical (unpaired) electrons. The summed E-state index contributed by atoms with van der Waals surface area (Å²) in [6.45, 7) is 7.53. The molecule has 0 spiro atoms. The van der Waals surface area contributed by atoms with E-state index in [1.807, 2.05) is 6.92 Å². The average molecular weight is 308 g/mol. The van der Waals surface area contributed by atoms with Gasteiger partial charge in [-0.2, -0.15) is 0 Å². The summed E-state index contributed by atoms with van der Waals surface area (Å²) in [6.07, 6.45) is 0.724. The van der Waals surface area contributed by atoms with Crippen LogP contribution in [0.25, 0.3) is 11.2 Å². The second kappa shape index (κ2) is 5.78. The standard InChI is InChI=1S/C14H20N4O4/c1-5-6-18-10-9(11(19)17-13(18)21)15-8(16-10)7-22-12(20)14(2,3)4/h5-7H2,1-4H3,(H,15,16)(H,17,19,21). The molecule has 8 nitrogen and oxygen atoms in total. The van der Waals surface area contributed by atoms with Crippen LogP contribution >= 0.6 is 0 Å². The van der Waals surface area contributed by atoms with Crippen molar-refractivity contribution in [3.8, 4) is 0 Å². The quantitative estimate of drug-likeness (QED) is 0.816. The Morgan fingerprint density at radius 1 is 1.27 bits per heavy atom. The van der Waals surface area contributed by atoms with Gasteiger partial charge in [-0.3, -0.25) is 19.1 Å². The van der Waals surface area contributed by atoms with E-state index in [1.165, 1.54) is 4.57 Å². The van der Waals surface area contributed by atoms with Crippen molar-refractivity contribution >= 4 is 17.1 Å². The molecule has 0 amide bonds. The van der Waals surface area contributed by atoms with Gasteiger partial charge in [0.15, 0.2) is 5.65 Å². The monoisotopic (exact) mass is 308 g/mol. The largest absolute Gasteiger partial charge is 0.457 e. The number of H-pyrrole nitrogens is 2. The summed E-state index contributed by atoms with van der Waals surface area (Å²) < 4.78 is 6.55. The first-order valence-electron chi connectivity index (χ1n) is 7.13. The first kappa shape index (κ1) is 16.0. The molecule has 0 saturated carbocycles. The van der Waals surface area contributed by atoms with E-state index in [9.17, 15) is 14.4 Å². The average Bonchev–Trinajstić information content (AvgIpc) is 2.84. The van der Waals surface area contributed by atoms with E-state index < -0.39 is 16.7 Å². The third-order valence-corrected chi connectivity index (χ3v) is 3.08. The van der Waals surface area contributed by atoms with Gasteiger partial charge in [-0.05, 0) is 27.2 Å². The predicted octanol–water partition coefficient (Wildman–Crippen LogP) is 0.912. The lowest BCUT2D eigenvalue weighted by Gasteiger charge is -2.15. The summed E-state index contributed by atoms with van der Waals surface area (Å²) in [5.74, 6) is -0.0404. The molecule has 0 aliphatic rings. The molecule has 0 atom stereocenters. The van der Waals surface area contributed by atoms with Crippen molar-refractivity contribution in [1.29, 1.82) is 0 Å². The van der Waals surface area contributed by atoms with Gasteiger partial charge in [-0.25, -0.2) is 9.78 Å². The molecular weight excluding hydrogens is 288 g/mol. The number of hydrogen-bond acceptors (Lipinski definition) is 5. The number of rotatable bonds is 4. The van der Waals surface area contributed by atoms with Gasteiger partial charge in [0.05, 0.1) is 5.41 Å². The fourth-order valence-corrected chi connectivity index (χ4v) is 1.94. The van der Waals surface area contributed by atoms with Crippen molar-refractivity contribution < 1.29 is 9.53 Å². The summed E-state index contributed by atoms with van der Waals surface area (Å²) in [5, 5.41) is 0. The maximum Gasteiger partial charge on any atom is 0.330 e. The highest BCUT2D eigenvalue weighted by Crippen LogP contribution is 2.16. The molecule has 120 valence electrons. The number of aromatic amines is 2. The molecule has 0 aromatic carbocycles. The molecule has 0 aliphatic carbocycles. The van der Waals surface area contributed by atoms with E-state index in [2.05, 4.69) is 15.0 Å². The van der Waals surface area contributed by atoms with Crippen LogP contribution in [-0.2, 0) is 22.7 Å². The van der Waals surface area contributed by atoms with E-state index in [1.54, 1.807) is 20.8 Å². The molecule has 0 aliphatic heterocycles. The van der Waals surface area contributed by atoms with Gasteiger partial charge < -0.3 is 9.72 Å². The van der Waals surface area contributed by atoms with Crippen LogP contribution < -0.4 is 11.2 Å². The Morgan fingerprint density at radius 3 is 2.55 bits per heavy atom. The van der Waals surface area contributed by atoms with Crippen molar-refractivity contribution in [2.45, 2.75) is 47.3 Å². The van der Waals surface area contributed by atoms with Gasteiger partial charge in [-0.1, -0.05) is 6.92 Å². The third-order valence-electron chi connectivity index (χ3n) is 3.08. The number of carbonyl (C=O) groups is 1. The van der Waals surface area contributed by atoms with Crippen LogP contribution in [0.15, 0.2) is 9.59 Å². The Kier molecular flexibility index (Phi) is 4.20. The Hall–Kier alpha value is -2.38. The number of esters is 1. The summed E-state index contributed by atoms with van der Waals surface area (Å²) in [4.78, 5) is 44.7. The lowest BCUT2D eigenvalue weighted by atomic mass is 9.97. The maximum atomic E-state index is 11.8. The van der Waals surface area contributed by atoms with Crippen molar-refractivity contribution in [2.24, 2.45) is 5.41 Å². The van der Waals surface area contributed by atoms with E-state index in [0.29, 0.717) is 12.4 Å². The van der Waals surface area contributed by atoms with E-state index in [4.69, 9.17) is 4.74 Å². The summed E-state index contributed by atoms with van der Waals surface area (Å²) in [6, 6.07) is 0. The molecule has 22 heavy (non-hydrogen) atoms. The lowest BCUT2D eigenvalue weighted by molar-refractivity contribution is -0.154. The second-order valence-corrected chi connectivity index (χ2v) is 6.12. The molecule has 2 aromatic heterocycles. The number of hydrogen-bond donors (Lipinski definition) is 2. The Labute approximate surface area is 126 Å². The van der Waals surface area contributed by atoms with Crippen LogP contribution in [0, 0.1) is 5.41 Å². The van der Waals surface area contributed by atoms with Crippen LogP contribution in [0.4, 0.5) is 0 Å². The number of imidazole rings is 1. The number of carbonyl (C=O) groups excluding carboxylic acids is 1. The first-order chi connectivity index (χ1) is 10.2. The number of nitrogens with zero attached hydrogens (tertiary/aromatic N) is 2. The van der Waals surface area contributed by atoms with Gasteiger partial charge in [0.2, 0.25) is 0 Å². The molecule has 2 rings (SSSR count). The highest BCUT2D eigenvalue weighted by Gasteiger charge is 2.23. The minimum absolute atomic E-state index is 0.0788. The fraction of sp³-hybridized carbons (Fsp3) is 0.571. The number of fused-ring (bicyclic) bond motifs is 1. The molecule has 0 unspecified atom stereocenters. The summed E-state index contributed by atoms with van der Waals surface area (Å²) in [7, 11) is 0. The van der Waals surface area contributed by atoms with Crippen LogP contribution in [-0.4, -0.2) is 25.5 Å². The van der Waals surface area contributed by atoms with Crippen LogP contribution in [0.3, 0.4) is 0 Å². The number of aromatic nitrogens is 4. The maximum absolute atomic E-state index is 11.8. The normalized spacial score (nSPS) is 11.8. The van der Waals surface area contributed by atoms with Crippen LogP contribution in [0.2, 0.25) is 0 Å². The van der Waals surface area contributed by atoms with Crippen molar-refractivity contribution in [2.75, 3.05) is 0 Å². The van der Waals surface area contributed by atoms with Crippen molar-refractivity contribution in [1.82, 2.24) is 19.5 Å². The second-order valence-electron chi connectivity index (χ2n) is 6.12. The highest BCUT2D eigenvalue weighted by atomic mass is 16.5. The molecule has 2 aromatic rings. The number of nitrogens with one attached hydrogen (secondary N) is 2. The smallest absolute Gasteiger partial charge is 0.330 e. The zero-order chi connectivity index (χ0) is 16.5. The highest BCUT2D eigenvalue weighted by molar-refractivity contribution is 5.75. The predicted molar refractivity (Wildman–Crippen MR) is 80.5 cm³/mol. The summed E-state index contributed by atoms with van der Waals surface area (Å²) >= 11 is 0. The molecule has 0 saturated heterocycles. The van der Waals surface area contributed by atoms with E-state index in [-0.39, 0.29) is 23.7 Å². The molecule has 0 fully saturated rings. The van der Waals surface area contributed by atoms with Gasteiger partial charge in [0.25, 0.3) is 5.56 Å². The Morgan fingerprint density at radius 2 is 1.95 bits per heavy atom. The number of aryl methyl sites for hydroxylation is 1. The van der Waals surface area contributed by atoms with Gasteiger partial charge in [0, 0.05) is 6.54 Å². The van der Waals surface area contributed by atoms with Crippen LogP contribution in [0.5, 0.6) is 0 Å². The van der Waals surface area contributed by atoms with Gasteiger partial charge in [-0.15, -0.1) is 0 Å². The molecule has 8 heteroatoms. The molecule has 0 bridgehead atoms. The van der Waals surface area contributed by atoms with Crippen molar-refractivity contribution in [3.05, 3.63) is 26.7 Å². The van der Waals surface area contributed by atoms with Crippen molar-refractivity contribution in [3.63, 3.8) is 0 Å². The van der Waals surface area contributed by atoms with E-state index >= 15 is 0 Å². The Balaban J connectivity index is 2.36.